The lowest BCUT2D eigenvalue weighted by Crippen LogP contribution is -2.07. The highest BCUT2D eigenvalue weighted by Gasteiger charge is 2.09. The van der Waals surface area contributed by atoms with Crippen molar-refractivity contribution in [2.75, 3.05) is 7.05 Å². The highest BCUT2D eigenvalue weighted by atomic mass is 19.1. The molecule has 0 radical (unpaired) electrons. The van der Waals surface area contributed by atoms with Gasteiger partial charge in [-0.25, -0.2) is 8.78 Å². The van der Waals surface area contributed by atoms with Crippen molar-refractivity contribution < 1.29 is 8.78 Å². The Balaban J connectivity index is 2.57. The molecule has 1 nitrogen and oxygen atoms in total. The Morgan fingerprint density at radius 3 is 2.28 bits per heavy atom. The maximum atomic E-state index is 13.4. The van der Waals surface area contributed by atoms with Crippen LogP contribution >= 0.6 is 0 Å². The molecule has 0 saturated carbocycles. The molecule has 0 spiro atoms. The maximum Gasteiger partial charge on any atom is 0.123 e. The topological polar surface area (TPSA) is 12.0 Å². The number of benzene rings is 2. The predicted octanol–water partition coefficient (Wildman–Crippen LogP) is 3.66. The minimum atomic E-state index is -0.284. The summed E-state index contributed by atoms with van der Waals surface area (Å²) in [7, 11) is 1.84. The first kappa shape index (κ1) is 12.7. The number of nitrogens with one attached hydrogen (secondary N) is 1. The van der Waals surface area contributed by atoms with Gasteiger partial charge in [0.2, 0.25) is 0 Å². The average molecular weight is 247 g/mol. The summed E-state index contributed by atoms with van der Waals surface area (Å²) in [6.45, 7) is 2.47. The van der Waals surface area contributed by atoms with Crippen molar-refractivity contribution in [2.45, 2.75) is 13.5 Å². The van der Waals surface area contributed by atoms with Gasteiger partial charge in [-0.2, -0.15) is 0 Å². The average Bonchev–Trinajstić information content (AvgIpc) is 2.32. The second kappa shape index (κ2) is 5.27. The zero-order valence-electron chi connectivity index (χ0n) is 10.4. The van der Waals surface area contributed by atoms with E-state index in [1.165, 1.54) is 24.3 Å². The smallest absolute Gasteiger partial charge is 0.123 e. The SMILES string of the molecule is CNCc1ccc(F)cc1-c1ccc(F)cc1C. The van der Waals surface area contributed by atoms with Crippen LogP contribution in [0.5, 0.6) is 0 Å². The monoisotopic (exact) mass is 247 g/mol. The van der Waals surface area contributed by atoms with Gasteiger partial charge in [-0.15, -0.1) is 0 Å². The first-order valence-corrected chi connectivity index (χ1v) is 5.81. The summed E-state index contributed by atoms with van der Waals surface area (Å²) in [6.07, 6.45) is 0. The van der Waals surface area contributed by atoms with Crippen LogP contribution in [-0.4, -0.2) is 7.05 Å². The van der Waals surface area contributed by atoms with Crippen molar-refractivity contribution in [2.24, 2.45) is 0 Å². The minimum Gasteiger partial charge on any atom is -0.316 e. The van der Waals surface area contributed by atoms with Crippen molar-refractivity contribution in [3.05, 3.63) is 59.2 Å². The summed E-state index contributed by atoms with van der Waals surface area (Å²) in [4.78, 5) is 0. The summed E-state index contributed by atoms with van der Waals surface area (Å²) in [5, 5.41) is 3.05. The molecule has 0 aliphatic rings. The maximum absolute atomic E-state index is 13.4. The van der Waals surface area contributed by atoms with Gasteiger partial charge < -0.3 is 5.32 Å². The molecule has 0 unspecified atom stereocenters. The molecule has 0 aliphatic carbocycles. The third-order valence-corrected chi connectivity index (χ3v) is 2.92. The fourth-order valence-corrected chi connectivity index (χ4v) is 2.07. The normalized spacial score (nSPS) is 10.7. The van der Waals surface area contributed by atoms with Gasteiger partial charge in [0, 0.05) is 6.54 Å². The van der Waals surface area contributed by atoms with E-state index >= 15 is 0 Å². The molecular weight excluding hydrogens is 232 g/mol. The molecule has 0 saturated heterocycles. The lowest BCUT2D eigenvalue weighted by Gasteiger charge is -2.12. The van der Waals surface area contributed by atoms with Crippen LogP contribution < -0.4 is 5.32 Å². The van der Waals surface area contributed by atoms with Crippen LogP contribution in [0.2, 0.25) is 0 Å². The van der Waals surface area contributed by atoms with Crippen LogP contribution in [0.4, 0.5) is 8.78 Å². The second-order valence-electron chi connectivity index (χ2n) is 4.29. The predicted molar refractivity (Wildman–Crippen MR) is 69.3 cm³/mol. The van der Waals surface area contributed by atoms with Crippen molar-refractivity contribution in [3.8, 4) is 11.1 Å². The van der Waals surface area contributed by atoms with E-state index in [9.17, 15) is 8.78 Å². The molecule has 2 rings (SSSR count). The van der Waals surface area contributed by atoms with Crippen LogP contribution in [0.1, 0.15) is 11.1 Å². The Labute approximate surface area is 105 Å². The van der Waals surface area contributed by atoms with Gasteiger partial charge in [0.25, 0.3) is 0 Å². The van der Waals surface area contributed by atoms with Gasteiger partial charge in [0.05, 0.1) is 0 Å². The van der Waals surface area contributed by atoms with E-state index in [1.54, 1.807) is 12.1 Å². The zero-order chi connectivity index (χ0) is 13.1. The Kier molecular flexibility index (Phi) is 3.72. The van der Waals surface area contributed by atoms with E-state index in [1.807, 2.05) is 14.0 Å². The third-order valence-electron chi connectivity index (χ3n) is 2.92. The van der Waals surface area contributed by atoms with E-state index in [0.29, 0.717) is 6.54 Å². The molecule has 0 heterocycles. The molecule has 2 aromatic rings. The quantitative estimate of drug-likeness (QED) is 0.872. The van der Waals surface area contributed by atoms with Gasteiger partial charge in [-0.3, -0.25) is 0 Å². The van der Waals surface area contributed by atoms with Gasteiger partial charge in [-0.1, -0.05) is 12.1 Å². The van der Waals surface area contributed by atoms with Gasteiger partial charge in [0.15, 0.2) is 0 Å². The molecule has 94 valence electrons. The fourth-order valence-electron chi connectivity index (χ4n) is 2.07. The van der Waals surface area contributed by atoms with Crippen LogP contribution in [-0.2, 0) is 6.54 Å². The number of aryl methyl sites for hydroxylation is 1. The molecule has 3 heteroatoms. The highest BCUT2D eigenvalue weighted by molar-refractivity contribution is 5.70. The Hall–Kier alpha value is -1.74. The standard InChI is InChI=1S/C15H15F2N/c1-10-7-12(16)5-6-14(10)15-8-13(17)4-3-11(15)9-18-2/h3-8,18H,9H2,1-2H3. The molecule has 0 fully saturated rings. The summed E-state index contributed by atoms with van der Waals surface area (Å²) in [5.41, 5.74) is 3.47. The van der Waals surface area contributed by atoms with Crippen molar-refractivity contribution in [1.82, 2.24) is 5.32 Å². The number of hydrogen-bond donors (Lipinski definition) is 1. The third kappa shape index (κ3) is 2.57. The Morgan fingerprint density at radius 1 is 0.944 bits per heavy atom. The van der Waals surface area contributed by atoms with E-state index in [4.69, 9.17) is 0 Å². The summed E-state index contributed by atoms with van der Waals surface area (Å²) >= 11 is 0. The Bertz CT molecular complexity index is 564. The minimum absolute atomic E-state index is 0.275. The number of rotatable bonds is 3. The summed E-state index contributed by atoms with van der Waals surface area (Å²) < 4.78 is 26.5. The van der Waals surface area contributed by atoms with Crippen LogP contribution in [0, 0.1) is 18.6 Å². The number of hydrogen-bond acceptors (Lipinski definition) is 1. The van der Waals surface area contributed by atoms with Gasteiger partial charge in [0.1, 0.15) is 11.6 Å². The first-order valence-electron chi connectivity index (χ1n) is 5.81. The molecule has 2 aromatic carbocycles. The Morgan fingerprint density at radius 2 is 1.61 bits per heavy atom. The molecule has 0 atom stereocenters. The molecule has 0 aliphatic heterocycles. The molecule has 18 heavy (non-hydrogen) atoms. The van der Waals surface area contributed by atoms with Crippen LogP contribution in [0.15, 0.2) is 36.4 Å². The van der Waals surface area contributed by atoms with Gasteiger partial charge >= 0.3 is 0 Å². The molecule has 1 N–H and O–H groups in total. The van der Waals surface area contributed by atoms with Crippen molar-refractivity contribution in [3.63, 3.8) is 0 Å². The summed E-state index contributed by atoms with van der Waals surface area (Å²) in [6, 6.07) is 9.24. The molecular formula is C15H15F2N. The van der Waals surface area contributed by atoms with E-state index < -0.39 is 0 Å². The van der Waals surface area contributed by atoms with E-state index in [-0.39, 0.29) is 11.6 Å². The van der Waals surface area contributed by atoms with Gasteiger partial charge in [-0.05, 0) is 60.5 Å². The largest absolute Gasteiger partial charge is 0.316 e. The zero-order valence-corrected chi connectivity index (χ0v) is 10.4. The van der Waals surface area contributed by atoms with E-state index in [0.717, 1.165) is 22.3 Å². The molecule has 0 aromatic heterocycles. The fraction of sp³-hybridized carbons (Fsp3) is 0.200. The first-order chi connectivity index (χ1) is 8.61. The molecule has 0 bridgehead atoms. The van der Waals surface area contributed by atoms with Crippen LogP contribution in [0.25, 0.3) is 11.1 Å². The van der Waals surface area contributed by atoms with Crippen molar-refractivity contribution >= 4 is 0 Å². The van der Waals surface area contributed by atoms with Crippen molar-refractivity contribution in [1.29, 1.82) is 0 Å². The number of halogens is 2. The molecule has 0 amide bonds. The second-order valence-corrected chi connectivity index (χ2v) is 4.29. The van der Waals surface area contributed by atoms with Crippen LogP contribution in [0.3, 0.4) is 0 Å². The lowest BCUT2D eigenvalue weighted by atomic mass is 9.95. The summed E-state index contributed by atoms with van der Waals surface area (Å²) in [5.74, 6) is -0.559. The van der Waals surface area contributed by atoms with E-state index in [2.05, 4.69) is 5.32 Å². The lowest BCUT2D eigenvalue weighted by molar-refractivity contribution is 0.626. The highest BCUT2D eigenvalue weighted by Crippen LogP contribution is 2.28.